The third-order valence-electron chi connectivity index (χ3n) is 2.36. The van der Waals surface area contributed by atoms with Crippen LogP contribution in [0.4, 0.5) is 5.69 Å². The summed E-state index contributed by atoms with van der Waals surface area (Å²) in [6.45, 7) is 3.47. The van der Waals surface area contributed by atoms with Crippen molar-refractivity contribution in [3.8, 4) is 0 Å². The Labute approximate surface area is 121 Å². The van der Waals surface area contributed by atoms with Crippen LogP contribution in [0, 0.1) is 0 Å². The van der Waals surface area contributed by atoms with Gasteiger partial charge in [0.05, 0.1) is 4.90 Å². The molecule has 0 saturated carbocycles. The fourth-order valence-electron chi connectivity index (χ4n) is 1.54. The van der Waals surface area contributed by atoms with E-state index < -0.39 is 15.9 Å². The molecule has 0 bridgehead atoms. The van der Waals surface area contributed by atoms with Crippen LogP contribution in [-0.2, 0) is 10.0 Å². The molecule has 10 heteroatoms. The van der Waals surface area contributed by atoms with Crippen molar-refractivity contribution in [2.75, 3.05) is 5.32 Å². The summed E-state index contributed by atoms with van der Waals surface area (Å²) < 4.78 is 26.3. The number of H-pyrrole nitrogens is 1. The van der Waals surface area contributed by atoms with Gasteiger partial charge < -0.3 is 5.32 Å². The summed E-state index contributed by atoms with van der Waals surface area (Å²) in [6, 6.07) is 5.56. The molecule has 9 nitrogen and oxygen atoms in total. The molecule has 1 aromatic heterocycles. The van der Waals surface area contributed by atoms with Crippen LogP contribution in [0.2, 0.25) is 0 Å². The summed E-state index contributed by atoms with van der Waals surface area (Å²) >= 11 is 0. The zero-order chi connectivity index (χ0) is 15.5. The highest BCUT2D eigenvalue weighted by Crippen LogP contribution is 2.14. The summed E-state index contributed by atoms with van der Waals surface area (Å²) in [5.74, 6) is -0.646. The van der Waals surface area contributed by atoms with Crippen molar-refractivity contribution in [3.63, 3.8) is 0 Å². The number of hydrogen-bond donors (Lipinski definition) is 3. The molecule has 0 saturated heterocycles. The Hall–Kier alpha value is -2.33. The minimum absolute atomic E-state index is 0.104. The molecule has 0 aliphatic heterocycles. The van der Waals surface area contributed by atoms with E-state index in [-0.39, 0.29) is 16.8 Å². The van der Waals surface area contributed by atoms with Crippen molar-refractivity contribution in [1.29, 1.82) is 0 Å². The monoisotopic (exact) mass is 310 g/mol. The van der Waals surface area contributed by atoms with E-state index in [0.29, 0.717) is 5.69 Å². The van der Waals surface area contributed by atoms with E-state index in [2.05, 4.69) is 30.7 Å². The number of tetrazole rings is 1. The number of hydrogen-bond acceptors (Lipinski definition) is 6. The Morgan fingerprint density at radius 2 is 1.90 bits per heavy atom. The first-order chi connectivity index (χ1) is 9.88. The molecule has 1 amide bonds. The lowest BCUT2D eigenvalue weighted by Crippen LogP contribution is -2.30. The Bertz CT molecular complexity index is 709. The van der Waals surface area contributed by atoms with Crippen molar-refractivity contribution in [1.82, 2.24) is 25.3 Å². The van der Waals surface area contributed by atoms with Crippen LogP contribution in [0.15, 0.2) is 29.2 Å². The number of anilines is 1. The van der Waals surface area contributed by atoms with Crippen LogP contribution >= 0.6 is 0 Å². The molecule has 2 aromatic rings. The normalized spacial score (nSPS) is 11.6. The van der Waals surface area contributed by atoms with E-state index >= 15 is 0 Å². The molecule has 0 unspecified atom stereocenters. The number of sulfonamides is 1. The second kappa shape index (κ2) is 5.97. The maximum Gasteiger partial charge on any atom is 0.297 e. The van der Waals surface area contributed by atoms with Gasteiger partial charge in [-0.3, -0.25) is 4.79 Å². The van der Waals surface area contributed by atoms with Crippen LogP contribution in [0.3, 0.4) is 0 Å². The summed E-state index contributed by atoms with van der Waals surface area (Å²) in [4.78, 5) is 11.8. The largest absolute Gasteiger partial charge is 0.319 e. The fraction of sp³-hybridized carbons (Fsp3) is 0.273. The minimum atomic E-state index is -3.55. The van der Waals surface area contributed by atoms with Gasteiger partial charge >= 0.3 is 0 Å². The molecule has 0 aliphatic carbocycles. The zero-order valence-corrected chi connectivity index (χ0v) is 12.2. The Kier molecular flexibility index (Phi) is 4.29. The number of amides is 1. The molecule has 0 spiro atoms. The predicted molar refractivity (Wildman–Crippen MR) is 74.0 cm³/mol. The summed E-state index contributed by atoms with van der Waals surface area (Å²) in [5.41, 5.74) is 0.424. The number of nitrogens with one attached hydrogen (secondary N) is 3. The maximum atomic E-state index is 11.9. The molecule has 3 N–H and O–H groups in total. The van der Waals surface area contributed by atoms with Gasteiger partial charge in [-0.25, -0.2) is 13.1 Å². The van der Waals surface area contributed by atoms with Crippen LogP contribution < -0.4 is 10.0 Å². The molecular formula is C11H14N6O3S. The highest BCUT2D eigenvalue weighted by molar-refractivity contribution is 7.89. The molecule has 0 aliphatic rings. The fourth-order valence-corrected chi connectivity index (χ4v) is 2.79. The van der Waals surface area contributed by atoms with Gasteiger partial charge in [-0.2, -0.15) is 5.21 Å². The maximum absolute atomic E-state index is 11.9. The van der Waals surface area contributed by atoms with Crippen molar-refractivity contribution in [2.45, 2.75) is 24.8 Å². The Morgan fingerprint density at radius 3 is 2.43 bits per heavy atom. The number of rotatable bonds is 5. The lowest BCUT2D eigenvalue weighted by molar-refractivity contribution is 0.101. The number of carbonyl (C=O) groups is 1. The summed E-state index contributed by atoms with van der Waals surface area (Å²) in [7, 11) is -3.55. The molecule has 0 atom stereocenters. The van der Waals surface area contributed by atoms with E-state index in [1.807, 2.05) is 0 Å². The average Bonchev–Trinajstić information content (AvgIpc) is 2.91. The molecule has 21 heavy (non-hydrogen) atoms. The second-order valence-corrected chi connectivity index (χ2v) is 6.20. The van der Waals surface area contributed by atoms with Crippen molar-refractivity contribution in [2.24, 2.45) is 0 Å². The molecule has 2 rings (SSSR count). The highest BCUT2D eigenvalue weighted by Gasteiger charge is 2.16. The van der Waals surface area contributed by atoms with Crippen molar-refractivity contribution < 1.29 is 13.2 Å². The van der Waals surface area contributed by atoms with E-state index in [9.17, 15) is 13.2 Å². The first-order valence-corrected chi connectivity index (χ1v) is 7.54. The molecule has 1 heterocycles. The predicted octanol–water partition coefficient (Wildman–Crippen LogP) is 0.139. The average molecular weight is 310 g/mol. The van der Waals surface area contributed by atoms with Crippen LogP contribution in [0.25, 0.3) is 0 Å². The minimum Gasteiger partial charge on any atom is -0.319 e. The smallest absolute Gasteiger partial charge is 0.297 e. The second-order valence-electron chi connectivity index (χ2n) is 4.49. The first kappa shape index (κ1) is 15.1. The summed E-state index contributed by atoms with van der Waals surface area (Å²) in [5, 5.41) is 15.0. The van der Waals surface area contributed by atoms with E-state index in [1.54, 1.807) is 13.8 Å². The van der Waals surface area contributed by atoms with Gasteiger partial charge in [-0.05, 0) is 43.3 Å². The molecule has 0 radical (unpaired) electrons. The SMILES string of the molecule is CC(C)NS(=O)(=O)c1ccc(NC(=O)c2nn[nH]n2)cc1. The van der Waals surface area contributed by atoms with Crippen LogP contribution in [0.5, 0.6) is 0 Å². The lowest BCUT2D eigenvalue weighted by Gasteiger charge is -2.10. The van der Waals surface area contributed by atoms with Crippen LogP contribution in [0.1, 0.15) is 24.5 Å². The topological polar surface area (TPSA) is 130 Å². The van der Waals surface area contributed by atoms with E-state index in [4.69, 9.17) is 0 Å². The van der Waals surface area contributed by atoms with Gasteiger partial charge in [0.2, 0.25) is 10.0 Å². The first-order valence-electron chi connectivity index (χ1n) is 6.05. The van der Waals surface area contributed by atoms with Gasteiger partial charge in [0.1, 0.15) is 0 Å². The van der Waals surface area contributed by atoms with Gasteiger partial charge in [-0.15, -0.1) is 10.2 Å². The third kappa shape index (κ3) is 3.83. The standard InChI is InChI=1S/C11H14N6O3S/c1-7(2)15-21(19,20)9-5-3-8(4-6-9)12-11(18)10-13-16-17-14-10/h3-7,15H,1-2H3,(H,12,18)(H,13,14,16,17). The van der Waals surface area contributed by atoms with Crippen molar-refractivity contribution in [3.05, 3.63) is 30.1 Å². The highest BCUT2D eigenvalue weighted by atomic mass is 32.2. The van der Waals surface area contributed by atoms with Gasteiger partial charge in [0.15, 0.2) is 0 Å². The van der Waals surface area contributed by atoms with Crippen LogP contribution in [-0.4, -0.2) is 41.0 Å². The van der Waals surface area contributed by atoms with E-state index in [0.717, 1.165) is 0 Å². The number of nitrogens with zero attached hydrogens (tertiary/aromatic N) is 3. The molecule has 112 valence electrons. The summed E-state index contributed by atoms with van der Waals surface area (Å²) in [6.07, 6.45) is 0. The molecular weight excluding hydrogens is 296 g/mol. The number of benzene rings is 1. The third-order valence-corrected chi connectivity index (χ3v) is 4.04. The molecule has 1 aromatic carbocycles. The Balaban J connectivity index is 2.11. The number of aromatic amines is 1. The number of carbonyl (C=O) groups excluding carboxylic acids is 1. The lowest BCUT2D eigenvalue weighted by atomic mass is 10.3. The van der Waals surface area contributed by atoms with Gasteiger partial charge in [-0.1, -0.05) is 0 Å². The van der Waals surface area contributed by atoms with Gasteiger partial charge in [0, 0.05) is 11.7 Å². The Morgan fingerprint density at radius 1 is 1.24 bits per heavy atom. The van der Waals surface area contributed by atoms with Crippen molar-refractivity contribution >= 4 is 21.6 Å². The number of aromatic nitrogens is 4. The zero-order valence-electron chi connectivity index (χ0n) is 11.4. The van der Waals surface area contributed by atoms with Gasteiger partial charge in [0.25, 0.3) is 11.7 Å². The quantitative estimate of drug-likeness (QED) is 0.720. The molecule has 0 fully saturated rings. The van der Waals surface area contributed by atoms with E-state index in [1.165, 1.54) is 24.3 Å².